The average molecular weight is 311 g/mol. The zero-order valence-electron chi connectivity index (χ0n) is 13.4. The fourth-order valence-electron chi connectivity index (χ4n) is 3.01. The first-order valence-corrected chi connectivity index (χ1v) is 7.74. The van der Waals surface area contributed by atoms with Crippen LogP contribution in [0.15, 0.2) is 42.5 Å². The predicted octanol–water partition coefficient (Wildman–Crippen LogP) is 2.73. The SMILES string of the molecule is CCn1c2ccccc2c2cc(NC(=O)C(CN)OC)ccc21. The lowest BCUT2D eigenvalue weighted by Gasteiger charge is -2.13. The number of para-hydroxylation sites is 1. The number of amides is 1. The molecular formula is C18H21N3O2. The summed E-state index contributed by atoms with van der Waals surface area (Å²) in [6.07, 6.45) is -0.636. The maximum absolute atomic E-state index is 12.1. The van der Waals surface area contributed by atoms with Crippen LogP contribution in [0.25, 0.3) is 21.8 Å². The molecule has 1 unspecified atom stereocenters. The van der Waals surface area contributed by atoms with Gasteiger partial charge in [0.1, 0.15) is 6.10 Å². The molecule has 1 heterocycles. The van der Waals surface area contributed by atoms with Gasteiger partial charge in [-0.25, -0.2) is 0 Å². The van der Waals surface area contributed by atoms with E-state index in [1.165, 1.54) is 18.0 Å². The standard InChI is InChI=1S/C18H21N3O2/c1-3-21-15-7-5-4-6-13(15)14-10-12(8-9-16(14)21)20-18(22)17(11-19)23-2/h4-10,17H,3,11,19H2,1-2H3,(H,20,22). The molecule has 0 saturated heterocycles. The van der Waals surface area contributed by atoms with Crippen LogP contribution in [0.5, 0.6) is 0 Å². The van der Waals surface area contributed by atoms with Crippen LogP contribution >= 0.6 is 0 Å². The highest BCUT2D eigenvalue weighted by molar-refractivity contribution is 6.10. The highest BCUT2D eigenvalue weighted by atomic mass is 16.5. The Morgan fingerprint density at radius 3 is 2.65 bits per heavy atom. The molecule has 1 aromatic heterocycles. The third-order valence-electron chi connectivity index (χ3n) is 4.15. The van der Waals surface area contributed by atoms with E-state index in [1.807, 2.05) is 30.3 Å². The number of benzene rings is 2. The Kier molecular flexibility index (Phi) is 4.32. The molecule has 0 spiro atoms. The van der Waals surface area contributed by atoms with Gasteiger partial charge in [0, 0.05) is 47.7 Å². The topological polar surface area (TPSA) is 69.3 Å². The molecule has 0 aliphatic rings. The van der Waals surface area contributed by atoms with Gasteiger partial charge in [0.15, 0.2) is 0 Å². The first kappa shape index (κ1) is 15.5. The second-order valence-electron chi connectivity index (χ2n) is 5.44. The van der Waals surface area contributed by atoms with Gasteiger partial charge >= 0.3 is 0 Å². The summed E-state index contributed by atoms with van der Waals surface area (Å²) < 4.78 is 7.34. The van der Waals surface area contributed by atoms with E-state index < -0.39 is 6.10 Å². The monoisotopic (exact) mass is 311 g/mol. The lowest BCUT2D eigenvalue weighted by atomic mass is 10.1. The average Bonchev–Trinajstić information content (AvgIpc) is 2.89. The summed E-state index contributed by atoms with van der Waals surface area (Å²) in [5, 5.41) is 5.18. The molecule has 120 valence electrons. The van der Waals surface area contributed by atoms with Gasteiger partial charge in [-0.15, -0.1) is 0 Å². The summed E-state index contributed by atoms with van der Waals surface area (Å²) in [5.41, 5.74) is 8.64. The first-order valence-electron chi connectivity index (χ1n) is 7.74. The highest BCUT2D eigenvalue weighted by Crippen LogP contribution is 2.30. The molecule has 2 aromatic carbocycles. The Balaban J connectivity index is 2.05. The van der Waals surface area contributed by atoms with Crippen molar-refractivity contribution in [2.24, 2.45) is 5.73 Å². The van der Waals surface area contributed by atoms with Crippen LogP contribution in [0.1, 0.15) is 6.92 Å². The number of hydrogen-bond acceptors (Lipinski definition) is 3. The summed E-state index contributed by atoms with van der Waals surface area (Å²) in [6.45, 7) is 3.18. The van der Waals surface area contributed by atoms with E-state index in [4.69, 9.17) is 10.5 Å². The van der Waals surface area contributed by atoms with Gasteiger partial charge < -0.3 is 20.4 Å². The molecule has 0 bridgehead atoms. The summed E-state index contributed by atoms with van der Waals surface area (Å²) in [5.74, 6) is -0.228. The summed E-state index contributed by atoms with van der Waals surface area (Å²) in [6, 6.07) is 14.3. The van der Waals surface area contributed by atoms with Crippen LogP contribution < -0.4 is 11.1 Å². The number of ether oxygens (including phenoxy) is 1. The molecule has 1 atom stereocenters. The van der Waals surface area contributed by atoms with Gasteiger partial charge in [0.2, 0.25) is 0 Å². The second-order valence-corrected chi connectivity index (χ2v) is 5.44. The fraction of sp³-hybridized carbons (Fsp3) is 0.278. The van der Waals surface area contributed by atoms with Crippen LogP contribution in [0.3, 0.4) is 0 Å². The number of nitrogens with two attached hydrogens (primary N) is 1. The zero-order valence-corrected chi connectivity index (χ0v) is 13.4. The highest BCUT2D eigenvalue weighted by Gasteiger charge is 2.16. The molecule has 3 rings (SSSR count). The smallest absolute Gasteiger partial charge is 0.254 e. The maximum Gasteiger partial charge on any atom is 0.254 e. The van der Waals surface area contributed by atoms with Gasteiger partial charge in [-0.3, -0.25) is 4.79 Å². The van der Waals surface area contributed by atoms with E-state index in [0.717, 1.165) is 23.1 Å². The zero-order chi connectivity index (χ0) is 16.4. The summed E-state index contributed by atoms with van der Waals surface area (Å²) >= 11 is 0. The number of nitrogens with zero attached hydrogens (tertiary/aromatic N) is 1. The van der Waals surface area contributed by atoms with Crippen LogP contribution in [-0.4, -0.2) is 30.2 Å². The van der Waals surface area contributed by atoms with E-state index in [0.29, 0.717) is 0 Å². The number of carbonyl (C=O) groups is 1. The molecule has 0 fully saturated rings. The maximum atomic E-state index is 12.1. The number of nitrogens with one attached hydrogen (secondary N) is 1. The minimum absolute atomic E-state index is 0.152. The Morgan fingerprint density at radius 2 is 1.96 bits per heavy atom. The van der Waals surface area contributed by atoms with Crippen molar-refractivity contribution in [3.63, 3.8) is 0 Å². The molecule has 3 N–H and O–H groups in total. The predicted molar refractivity (Wildman–Crippen MR) is 93.6 cm³/mol. The molecule has 5 nitrogen and oxygen atoms in total. The number of fused-ring (bicyclic) bond motifs is 3. The Labute approximate surface area is 135 Å². The van der Waals surface area contributed by atoms with Crippen LogP contribution in [0, 0.1) is 0 Å². The van der Waals surface area contributed by atoms with E-state index in [2.05, 4.69) is 28.9 Å². The molecule has 3 aromatic rings. The normalized spacial score (nSPS) is 12.7. The number of aromatic nitrogens is 1. The van der Waals surface area contributed by atoms with Crippen molar-refractivity contribution in [2.45, 2.75) is 19.6 Å². The number of anilines is 1. The van der Waals surface area contributed by atoms with Crippen molar-refractivity contribution in [3.05, 3.63) is 42.5 Å². The molecule has 0 saturated carbocycles. The molecule has 0 radical (unpaired) electrons. The van der Waals surface area contributed by atoms with Gasteiger partial charge in [-0.1, -0.05) is 18.2 Å². The molecule has 23 heavy (non-hydrogen) atoms. The Bertz CT molecular complexity index is 850. The van der Waals surface area contributed by atoms with E-state index in [1.54, 1.807) is 0 Å². The minimum atomic E-state index is -0.636. The lowest BCUT2D eigenvalue weighted by Crippen LogP contribution is -2.35. The molecule has 0 aliphatic carbocycles. The lowest BCUT2D eigenvalue weighted by molar-refractivity contribution is -0.125. The van der Waals surface area contributed by atoms with Crippen molar-refractivity contribution in [1.29, 1.82) is 0 Å². The van der Waals surface area contributed by atoms with Gasteiger partial charge in [0.05, 0.1) is 0 Å². The van der Waals surface area contributed by atoms with Crippen LogP contribution in [0.2, 0.25) is 0 Å². The van der Waals surface area contributed by atoms with Crippen molar-refractivity contribution >= 4 is 33.4 Å². The third-order valence-corrected chi connectivity index (χ3v) is 4.15. The molecule has 1 amide bonds. The quantitative estimate of drug-likeness (QED) is 0.761. The van der Waals surface area contributed by atoms with E-state index >= 15 is 0 Å². The van der Waals surface area contributed by atoms with E-state index in [-0.39, 0.29) is 12.5 Å². The second kappa shape index (κ2) is 6.40. The number of aryl methyl sites for hydroxylation is 1. The molecule has 0 aliphatic heterocycles. The first-order chi connectivity index (χ1) is 11.2. The number of methoxy groups -OCH3 is 1. The van der Waals surface area contributed by atoms with Crippen LogP contribution in [-0.2, 0) is 16.1 Å². The molecular weight excluding hydrogens is 290 g/mol. The summed E-state index contributed by atoms with van der Waals surface area (Å²) in [4.78, 5) is 12.1. The van der Waals surface area contributed by atoms with Crippen molar-refractivity contribution < 1.29 is 9.53 Å². The number of rotatable bonds is 5. The van der Waals surface area contributed by atoms with Gasteiger partial charge in [-0.2, -0.15) is 0 Å². The largest absolute Gasteiger partial charge is 0.370 e. The van der Waals surface area contributed by atoms with Crippen LogP contribution in [0.4, 0.5) is 5.69 Å². The summed E-state index contributed by atoms with van der Waals surface area (Å²) in [7, 11) is 1.48. The minimum Gasteiger partial charge on any atom is -0.370 e. The van der Waals surface area contributed by atoms with Gasteiger partial charge in [0.25, 0.3) is 5.91 Å². The van der Waals surface area contributed by atoms with Gasteiger partial charge in [-0.05, 0) is 31.2 Å². The number of hydrogen-bond donors (Lipinski definition) is 2. The van der Waals surface area contributed by atoms with Crippen molar-refractivity contribution in [3.8, 4) is 0 Å². The fourth-order valence-corrected chi connectivity index (χ4v) is 3.01. The van der Waals surface area contributed by atoms with Crippen molar-refractivity contribution in [2.75, 3.05) is 19.0 Å². The van der Waals surface area contributed by atoms with E-state index in [9.17, 15) is 4.79 Å². The third kappa shape index (κ3) is 2.69. The molecule has 5 heteroatoms. The Hall–Kier alpha value is -2.37. The number of carbonyl (C=O) groups excluding carboxylic acids is 1. The van der Waals surface area contributed by atoms with Crippen molar-refractivity contribution in [1.82, 2.24) is 4.57 Å². The Morgan fingerprint density at radius 1 is 1.22 bits per heavy atom.